The first-order valence-corrected chi connectivity index (χ1v) is 10.6. The first-order valence-electron chi connectivity index (χ1n) is 10.6. The van der Waals surface area contributed by atoms with Crippen LogP contribution in [0, 0.1) is 0 Å². The lowest BCUT2D eigenvalue weighted by atomic mass is 10.1. The number of cyclic esters (lactones) is 2. The van der Waals surface area contributed by atoms with Gasteiger partial charge in [0.25, 0.3) is 11.7 Å². The van der Waals surface area contributed by atoms with Gasteiger partial charge in [-0.2, -0.15) is 0 Å². The molecule has 8 heteroatoms. The molecular formula is C25H27NO7. The number of carbonyl (C=O) groups is 3. The molecule has 0 aromatic heterocycles. The van der Waals surface area contributed by atoms with Gasteiger partial charge in [-0.25, -0.2) is 9.59 Å². The second-order valence-electron chi connectivity index (χ2n) is 7.86. The molecule has 1 atom stereocenters. The van der Waals surface area contributed by atoms with Crippen molar-refractivity contribution in [1.29, 1.82) is 0 Å². The summed E-state index contributed by atoms with van der Waals surface area (Å²) in [4.78, 5) is 36.7. The molecule has 1 aliphatic heterocycles. The maximum atomic E-state index is 12.3. The molecule has 0 bridgehead atoms. The molecule has 1 aliphatic rings. The summed E-state index contributed by atoms with van der Waals surface area (Å²) in [5.74, 6) is -2.39. The fourth-order valence-electron chi connectivity index (χ4n) is 3.20. The molecule has 1 heterocycles. The van der Waals surface area contributed by atoms with Gasteiger partial charge in [0.05, 0.1) is 12.6 Å². The lowest BCUT2D eigenvalue weighted by Crippen LogP contribution is -2.41. The summed E-state index contributed by atoms with van der Waals surface area (Å²) in [5, 5.41) is 2.88. The second kappa shape index (κ2) is 10.2. The number of esters is 2. The molecule has 174 valence electrons. The van der Waals surface area contributed by atoms with Crippen molar-refractivity contribution in [2.24, 2.45) is 0 Å². The Kier molecular flexibility index (Phi) is 7.37. The van der Waals surface area contributed by atoms with Crippen molar-refractivity contribution >= 4 is 23.9 Å². The van der Waals surface area contributed by atoms with Gasteiger partial charge in [-0.15, -0.1) is 0 Å². The highest BCUT2D eigenvalue weighted by molar-refractivity contribution is 6.18. The van der Waals surface area contributed by atoms with E-state index in [9.17, 15) is 14.4 Å². The van der Waals surface area contributed by atoms with Crippen LogP contribution in [0.3, 0.4) is 0 Å². The highest BCUT2D eigenvalue weighted by Gasteiger charge is 2.38. The Morgan fingerprint density at radius 2 is 1.70 bits per heavy atom. The Morgan fingerprint density at radius 3 is 2.33 bits per heavy atom. The molecule has 2 aromatic carbocycles. The van der Waals surface area contributed by atoms with E-state index >= 15 is 0 Å². The van der Waals surface area contributed by atoms with Gasteiger partial charge in [-0.3, -0.25) is 4.79 Å². The molecule has 3 rings (SSSR count). The Hall–Kier alpha value is -3.81. The quantitative estimate of drug-likeness (QED) is 0.371. The molecule has 0 spiro atoms. The van der Waals surface area contributed by atoms with E-state index in [2.05, 4.69) is 5.32 Å². The van der Waals surface area contributed by atoms with Gasteiger partial charge in [0, 0.05) is 13.8 Å². The van der Waals surface area contributed by atoms with Crippen LogP contribution in [0.25, 0.3) is 6.08 Å². The number of carbonyl (C=O) groups excluding carboxylic acids is 3. The van der Waals surface area contributed by atoms with Gasteiger partial charge >= 0.3 is 11.9 Å². The number of nitrogens with one attached hydrogen (secondary N) is 1. The number of amides is 1. The van der Waals surface area contributed by atoms with Gasteiger partial charge in [-0.1, -0.05) is 36.4 Å². The summed E-state index contributed by atoms with van der Waals surface area (Å²) in [6, 6.07) is 14.3. The number of ether oxygens (including phenoxy) is 4. The highest BCUT2D eigenvalue weighted by Crippen LogP contribution is 2.31. The minimum atomic E-state index is -1.31. The Morgan fingerprint density at radius 1 is 1.03 bits per heavy atom. The molecular weight excluding hydrogens is 426 g/mol. The van der Waals surface area contributed by atoms with Crippen LogP contribution in [0.5, 0.6) is 11.5 Å². The van der Waals surface area contributed by atoms with Crippen LogP contribution >= 0.6 is 0 Å². The van der Waals surface area contributed by atoms with Crippen molar-refractivity contribution in [2.75, 3.05) is 13.2 Å². The molecule has 1 amide bonds. The predicted molar refractivity (Wildman–Crippen MR) is 120 cm³/mol. The minimum Gasteiger partial charge on any atom is -0.490 e. The van der Waals surface area contributed by atoms with E-state index in [0.29, 0.717) is 23.7 Å². The number of benzene rings is 2. The molecule has 1 saturated heterocycles. The predicted octanol–water partition coefficient (Wildman–Crippen LogP) is 3.56. The van der Waals surface area contributed by atoms with E-state index in [1.165, 1.54) is 19.9 Å². The maximum Gasteiger partial charge on any atom is 0.348 e. The lowest BCUT2D eigenvalue weighted by Gasteiger charge is -2.29. The van der Waals surface area contributed by atoms with E-state index < -0.39 is 17.7 Å². The summed E-state index contributed by atoms with van der Waals surface area (Å²) in [6.07, 6.45) is 1.36. The summed E-state index contributed by atoms with van der Waals surface area (Å²) in [5.41, 5.74) is 1.28. The maximum absolute atomic E-state index is 12.3. The Balaban J connectivity index is 1.69. The van der Waals surface area contributed by atoms with Crippen molar-refractivity contribution in [3.05, 3.63) is 65.2 Å². The molecule has 0 radical (unpaired) electrons. The van der Waals surface area contributed by atoms with Crippen molar-refractivity contribution < 1.29 is 33.3 Å². The molecule has 1 unspecified atom stereocenters. The SMILES string of the molecule is CCOc1cc(C=C2C(=O)OC(C)(C)OC2=O)ccc1OCC(=O)NC(C)c1ccccc1. The molecule has 1 N–H and O–H groups in total. The number of rotatable bonds is 8. The van der Waals surface area contributed by atoms with Crippen LogP contribution in [-0.4, -0.2) is 36.8 Å². The minimum absolute atomic E-state index is 0.164. The summed E-state index contributed by atoms with van der Waals surface area (Å²) in [6.45, 7) is 6.81. The van der Waals surface area contributed by atoms with E-state index in [-0.39, 0.29) is 24.1 Å². The van der Waals surface area contributed by atoms with Crippen LogP contribution in [0.1, 0.15) is 44.9 Å². The summed E-state index contributed by atoms with van der Waals surface area (Å²) >= 11 is 0. The summed E-state index contributed by atoms with van der Waals surface area (Å²) < 4.78 is 21.5. The smallest absolute Gasteiger partial charge is 0.348 e. The molecule has 8 nitrogen and oxygen atoms in total. The fraction of sp³-hybridized carbons (Fsp3) is 0.320. The van der Waals surface area contributed by atoms with Crippen LogP contribution in [0.15, 0.2) is 54.1 Å². The van der Waals surface area contributed by atoms with Crippen LogP contribution in [0.4, 0.5) is 0 Å². The zero-order valence-corrected chi connectivity index (χ0v) is 19.0. The third-order valence-electron chi connectivity index (χ3n) is 4.73. The highest BCUT2D eigenvalue weighted by atomic mass is 16.7. The number of hydrogen-bond acceptors (Lipinski definition) is 7. The molecule has 0 aliphatic carbocycles. The lowest BCUT2D eigenvalue weighted by molar-refractivity contribution is -0.222. The first kappa shape index (κ1) is 23.8. The van der Waals surface area contributed by atoms with Crippen molar-refractivity contribution in [2.45, 2.75) is 39.5 Å². The molecule has 1 fully saturated rings. The van der Waals surface area contributed by atoms with Crippen LogP contribution < -0.4 is 14.8 Å². The molecule has 33 heavy (non-hydrogen) atoms. The fourth-order valence-corrected chi connectivity index (χ4v) is 3.20. The molecule has 0 saturated carbocycles. The average Bonchev–Trinajstić information content (AvgIpc) is 2.76. The monoisotopic (exact) mass is 453 g/mol. The Labute approximate surface area is 192 Å². The van der Waals surface area contributed by atoms with Crippen molar-refractivity contribution in [1.82, 2.24) is 5.32 Å². The zero-order valence-electron chi connectivity index (χ0n) is 19.0. The van der Waals surface area contributed by atoms with Gasteiger partial charge < -0.3 is 24.3 Å². The van der Waals surface area contributed by atoms with E-state index in [0.717, 1.165) is 5.56 Å². The number of hydrogen-bond donors (Lipinski definition) is 1. The largest absolute Gasteiger partial charge is 0.490 e. The van der Waals surface area contributed by atoms with Gasteiger partial charge in [-0.05, 0) is 43.2 Å². The first-order chi connectivity index (χ1) is 15.7. The third kappa shape index (κ3) is 6.35. The molecule has 2 aromatic rings. The van der Waals surface area contributed by atoms with Crippen LogP contribution in [-0.2, 0) is 23.9 Å². The van der Waals surface area contributed by atoms with Crippen molar-refractivity contribution in [3.63, 3.8) is 0 Å². The standard InChI is InChI=1S/C25H27NO7/c1-5-30-21-14-17(13-19-23(28)32-25(3,4)33-24(19)29)11-12-20(21)31-15-22(27)26-16(2)18-9-7-6-8-10-18/h6-14,16H,5,15H2,1-4H3,(H,26,27). The van der Waals surface area contributed by atoms with E-state index in [1.54, 1.807) is 25.1 Å². The average molecular weight is 453 g/mol. The topological polar surface area (TPSA) is 100 Å². The zero-order chi connectivity index (χ0) is 24.0. The third-order valence-corrected chi connectivity index (χ3v) is 4.73. The van der Waals surface area contributed by atoms with Gasteiger partial charge in [0.15, 0.2) is 18.1 Å². The van der Waals surface area contributed by atoms with Crippen LogP contribution in [0.2, 0.25) is 0 Å². The van der Waals surface area contributed by atoms with E-state index in [4.69, 9.17) is 18.9 Å². The van der Waals surface area contributed by atoms with Gasteiger partial charge in [0.1, 0.15) is 5.57 Å². The Bertz CT molecular complexity index is 1040. The second-order valence-corrected chi connectivity index (χ2v) is 7.86. The normalized spacial score (nSPS) is 15.7. The van der Waals surface area contributed by atoms with Gasteiger partial charge in [0.2, 0.25) is 0 Å². The van der Waals surface area contributed by atoms with E-state index in [1.807, 2.05) is 37.3 Å². The van der Waals surface area contributed by atoms with Crippen molar-refractivity contribution in [3.8, 4) is 11.5 Å². The summed E-state index contributed by atoms with van der Waals surface area (Å²) in [7, 11) is 0.